The van der Waals surface area contributed by atoms with Crippen LogP contribution in [-0.4, -0.2) is 31.3 Å². The SMILES string of the molecule is CCCN(CC(F)(F)F)c1ncc(CNC)cc1Cl. The van der Waals surface area contributed by atoms with Crippen molar-refractivity contribution in [1.82, 2.24) is 10.3 Å². The summed E-state index contributed by atoms with van der Waals surface area (Å²) in [6.45, 7) is 1.60. The van der Waals surface area contributed by atoms with Crippen LogP contribution in [0.2, 0.25) is 5.02 Å². The zero-order valence-electron chi connectivity index (χ0n) is 10.9. The lowest BCUT2D eigenvalue weighted by Crippen LogP contribution is -2.35. The summed E-state index contributed by atoms with van der Waals surface area (Å²) in [4.78, 5) is 5.21. The lowest BCUT2D eigenvalue weighted by atomic mass is 10.2. The Morgan fingerprint density at radius 1 is 1.42 bits per heavy atom. The third kappa shape index (κ3) is 5.24. The van der Waals surface area contributed by atoms with Crippen LogP contribution in [0.25, 0.3) is 0 Å². The Kier molecular flexibility index (Phi) is 5.87. The number of nitrogens with zero attached hydrogens (tertiary/aromatic N) is 2. The van der Waals surface area contributed by atoms with Crippen molar-refractivity contribution in [3.8, 4) is 0 Å². The van der Waals surface area contributed by atoms with Crippen molar-refractivity contribution < 1.29 is 13.2 Å². The van der Waals surface area contributed by atoms with Gasteiger partial charge in [0.15, 0.2) is 0 Å². The summed E-state index contributed by atoms with van der Waals surface area (Å²) < 4.78 is 37.6. The van der Waals surface area contributed by atoms with E-state index < -0.39 is 12.7 Å². The van der Waals surface area contributed by atoms with Gasteiger partial charge in [-0.25, -0.2) is 4.98 Å². The van der Waals surface area contributed by atoms with Crippen LogP contribution in [0.3, 0.4) is 0 Å². The second kappa shape index (κ2) is 6.96. The third-order valence-electron chi connectivity index (χ3n) is 2.42. The van der Waals surface area contributed by atoms with E-state index in [9.17, 15) is 13.2 Å². The lowest BCUT2D eigenvalue weighted by Gasteiger charge is -2.25. The van der Waals surface area contributed by atoms with E-state index in [4.69, 9.17) is 11.6 Å². The molecule has 3 nitrogen and oxygen atoms in total. The fraction of sp³-hybridized carbons (Fsp3) is 0.583. The molecule has 0 unspecified atom stereocenters. The Balaban J connectivity index is 2.95. The van der Waals surface area contributed by atoms with Crippen LogP contribution in [0.15, 0.2) is 12.3 Å². The molecule has 0 bridgehead atoms. The van der Waals surface area contributed by atoms with Crippen molar-refractivity contribution in [3.05, 3.63) is 22.8 Å². The molecule has 1 heterocycles. The Morgan fingerprint density at radius 3 is 2.58 bits per heavy atom. The first-order valence-corrected chi connectivity index (χ1v) is 6.36. The number of aromatic nitrogens is 1. The van der Waals surface area contributed by atoms with Gasteiger partial charge in [0.2, 0.25) is 0 Å². The molecule has 0 spiro atoms. The van der Waals surface area contributed by atoms with Gasteiger partial charge in [-0.1, -0.05) is 18.5 Å². The molecule has 1 rings (SSSR count). The van der Waals surface area contributed by atoms with Crippen LogP contribution in [0, 0.1) is 0 Å². The van der Waals surface area contributed by atoms with Gasteiger partial charge in [0, 0.05) is 19.3 Å². The molecular formula is C12H17ClF3N3. The number of rotatable bonds is 6. The van der Waals surface area contributed by atoms with Gasteiger partial charge in [-0.3, -0.25) is 0 Å². The number of nitrogens with one attached hydrogen (secondary N) is 1. The molecule has 1 aromatic heterocycles. The summed E-state index contributed by atoms with van der Waals surface area (Å²) >= 11 is 6.03. The summed E-state index contributed by atoms with van der Waals surface area (Å²) in [6.07, 6.45) is -2.15. The third-order valence-corrected chi connectivity index (χ3v) is 2.70. The van der Waals surface area contributed by atoms with Crippen LogP contribution < -0.4 is 10.2 Å². The molecule has 0 aliphatic heterocycles. The predicted octanol–water partition coefficient (Wildman–Crippen LogP) is 3.23. The average Bonchev–Trinajstić information content (AvgIpc) is 2.27. The average molecular weight is 296 g/mol. The Hall–Kier alpha value is -1.01. The second-order valence-corrected chi connectivity index (χ2v) is 4.62. The van der Waals surface area contributed by atoms with Gasteiger partial charge in [-0.15, -0.1) is 0 Å². The smallest absolute Gasteiger partial charge is 0.346 e. The maximum Gasteiger partial charge on any atom is 0.405 e. The summed E-state index contributed by atoms with van der Waals surface area (Å²) in [7, 11) is 1.77. The summed E-state index contributed by atoms with van der Waals surface area (Å²) in [6, 6.07) is 1.64. The number of alkyl halides is 3. The molecule has 0 fully saturated rings. The normalized spacial score (nSPS) is 11.7. The first kappa shape index (κ1) is 16.0. The van der Waals surface area contributed by atoms with Crippen LogP contribution in [0.5, 0.6) is 0 Å². The minimum atomic E-state index is -4.27. The summed E-state index contributed by atoms with van der Waals surface area (Å²) in [5, 5.41) is 3.17. The van der Waals surface area contributed by atoms with E-state index in [0.717, 1.165) is 10.5 Å². The molecule has 0 amide bonds. The zero-order chi connectivity index (χ0) is 14.5. The number of halogens is 4. The van der Waals surface area contributed by atoms with Gasteiger partial charge in [-0.2, -0.15) is 13.2 Å². The van der Waals surface area contributed by atoms with Gasteiger partial charge < -0.3 is 10.2 Å². The van der Waals surface area contributed by atoms with Crippen molar-refractivity contribution in [2.75, 3.05) is 25.0 Å². The Bertz CT molecular complexity index is 410. The van der Waals surface area contributed by atoms with Crippen LogP contribution in [0.4, 0.5) is 19.0 Å². The zero-order valence-corrected chi connectivity index (χ0v) is 11.6. The quantitative estimate of drug-likeness (QED) is 0.873. The molecule has 7 heteroatoms. The van der Waals surface area contributed by atoms with Crippen molar-refractivity contribution in [1.29, 1.82) is 0 Å². The monoisotopic (exact) mass is 295 g/mol. The van der Waals surface area contributed by atoms with E-state index in [1.165, 1.54) is 6.20 Å². The molecule has 0 aromatic carbocycles. The summed E-state index contributed by atoms with van der Waals surface area (Å²) in [5.41, 5.74) is 0.833. The minimum Gasteiger partial charge on any atom is -0.346 e. The predicted molar refractivity (Wildman–Crippen MR) is 70.6 cm³/mol. The Morgan fingerprint density at radius 2 is 2.11 bits per heavy atom. The van der Waals surface area contributed by atoms with Crippen molar-refractivity contribution in [2.24, 2.45) is 0 Å². The van der Waals surface area contributed by atoms with E-state index in [-0.39, 0.29) is 17.4 Å². The highest BCUT2D eigenvalue weighted by atomic mass is 35.5. The van der Waals surface area contributed by atoms with Crippen molar-refractivity contribution in [2.45, 2.75) is 26.1 Å². The molecule has 0 saturated carbocycles. The highest BCUT2D eigenvalue weighted by Gasteiger charge is 2.31. The highest BCUT2D eigenvalue weighted by Crippen LogP contribution is 2.27. The first-order valence-electron chi connectivity index (χ1n) is 5.98. The van der Waals surface area contributed by atoms with E-state index in [1.807, 2.05) is 6.92 Å². The lowest BCUT2D eigenvalue weighted by molar-refractivity contribution is -0.119. The van der Waals surface area contributed by atoms with Crippen LogP contribution in [0.1, 0.15) is 18.9 Å². The van der Waals surface area contributed by atoms with Crippen LogP contribution >= 0.6 is 11.6 Å². The number of hydrogen-bond acceptors (Lipinski definition) is 3. The molecule has 0 radical (unpaired) electrons. The maximum absolute atomic E-state index is 12.5. The fourth-order valence-corrected chi connectivity index (χ4v) is 2.06. The fourth-order valence-electron chi connectivity index (χ4n) is 1.75. The van der Waals surface area contributed by atoms with Gasteiger partial charge in [0.05, 0.1) is 5.02 Å². The standard InChI is InChI=1S/C12H17ClF3N3/c1-3-4-19(8-12(14,15)16)11-10(13)5-9(6-17-2)7-18-11/h5,7,17H,3-4,6,8H2,1-2H3. The molecule has 0 aliphatic rings. The molecule has 0 aliphatic carbocycles. The minimum absolute atomic E-state index is 0.181. The molecule has 0 saturated heterocycles. The van der Waals surface area contributed by atoms with Crippen molar-refractivity contribution >= 4 is 17.4 Å². The van der Waals surface area contributed by atoms with Crippen LogP contribution in [-0.2, 0) is 6.54 Å². The number of hydrogen-bond donors (Lipinski definition) is 1. The first-order chi connectivity index (χ1) is 8.87. The number of pyridine rings is 1. The highest BCUT2D eigenvalue weighted by molar-refractivity contribution is 6.33. The topological polar surface area (TPSA) is 28.2 Å². The van der Waals surface area contributed by atoms with Gasteiger partial charge in [0.25, 0.3) is 0 Å². The van der Waals surface area contributed by atoms with Gasteiger partial charge in [0.1, 0.15) is 12.4 Å². The molecule has 0 atom stereocenters. The van der Waals surface area contributed by atoms with Crippen molar-refractivity contribution in [3.63, 3.8) is 0 Å². The van der Waals surface area contributed by atoms with E-state index in [2.05, 4.69) is 10.3 Å². The molecule has 108 valence electrons. The van der Waals surface area contributed by atoms with E-state index in [0.29, 0.717) is 13.0 Å². The molecule has 1 aromatic rings. The largest absolute Gasteiger partial charge is 0.405 e. The Labute approximate surface area is 115 Å². The summed E-state index contributed by atoms with van der Waals surface area (Å²) in [5.74, 6) is 0.181. The maximum atomic E-state index is 12.5. The molecular weight excluding hydrogens is 279 g/mol. The van der Waals surface area contributed by atoms with E-state index >= 15 is 0 Å². The second-order valence-electron chi connectivity index (χ2n) is 4.22. The number of anilines is 1. The molecule has 19 heavy (non-hydrogen) atoms. The van der Waals surface area contributed by atoms with E-state index in [1.54, 1.807) is 13.1 Å². The van der Waals surface area contributed by atoms with Gasteiger partial charge in [-0.05, 0) is 25.1 Å². The van der Waals surface area contributed by atoms with Gasteiger partial charge >= 0.3 is 6.18 Å². The molecule has 1 N–H and O–H groups in total.